The summed E-state index contributed by atoms with van der Waals surface area (Å²) in [5.74, 6) is -0.00335. The van der Waals surface area contributed by atoms with E-state index in [4.69, 9.17) is 11.6 Å². The summed E-state index contributed by atoms with van der Waals surface area (Å²) in [6, 6.07) is 0. The molecule has 10 heavy (non-hydrogen) atoms. The van der Waals surface area contributed by atoms with Crippen molar-refractivity contribution < 1.29 is 9.63 Å². The average Bonchev–Trinajstić information content (AvgIpc) is 1.85. The van der Waals surface area contributed by atoms with E-state index in [-0.39, 0.29) is 24.8 Å². The summed E-state index contributed by atoms with van der Waals surface area (Å²) in [4.78, 5) is 14.9. The molecular weight excluding hydrogens is 177 g/mol. The van der Waals surface area contributed by atoms with Crippen LogP contribution < -0.4 is 5.48 Å². The third-order valence-corrected chi connectivity index (χ3v) is 0.818. The highest BCUT2D eigenvalue weighted by Crippen LogP contribution is 1.85. The van der Waals surface area contributed by atoms with Crippen molar-refractivity contribution >= 4 is 30.0 Å². The molecule has 0 fully saturated rings. The molecule has 0 aliphatic heterocycles. The molecular formula is C5H11Cl2NO2. The molecule has 5 heteroatoms. The molecule has 0 spiro atoms. The van der Waals surface area contributed by atoms with E-state index in [9.17, 15) is 4.79 Å². The molecule has 0 aliphatic rings. The number of hydrogen-bond donors (Lipinski definition) is 1. The van der Waals surface area contributed by atoms with Gasteiger partial charge in [0.05, 0.1) is 6.42 Å². The Labute approximate surface area is 71.4 Å². The van der Waals surface area contributed by atoms with Crippen molar-refractivity contribution in [3.05, 3.63) is 0 Å². The van der Waals surface area contributed by atoms with Gasteiger partial charge in [-0.1, -0.05) is 0 Å². The van der Waals surface area contributed by atoms with Gasteiger partial charge < -0.3 is 4.84 Å². The van der Waals surface area contributed by atoms with Gasteiger partial charge in [-0.3, -0.25) is 4.79 Å². The molecule has 0 unspecified atom stereocenters. The van der Waals surface area contributed by atoms with Gasteiger partial charge >= 0.3 is 5.97 Å². The smallest absolute Gasteiger partial charge is 0.325 e. The second-order valence-electron chi connectivity index (χ2n) is 1.41. The van der Waals surface area contributed by atoms with Crippen molar-refractivity contribution in [2.24, 2.45) is 0 Å². The number of rotatable bonds is 4. The SMILES string of the molecule is CCNOC(=O)CCCl.Cl. The van der Waals surface area contributed by atoms with Gasteiger partial charge in [-0.25, -0.2) is 0 Å². The van der Waals surface area contributed by atoms with Gasteiger partial charge in [0.1, 0.15) is 0 Å². The molecule has 0 saturated heterocycles. The summed E-state index contributed by atoms with van der Waals surface area (Å²) >= 11 is 5.25. The van der Waals surface area contributed by atoms with Gasteiger partial charge in [0.2, 0.25) is 0 Å². The van der Waals surface area contributed by atoms with E-state index in [1.54, 1.807) is 0 Å². The number of carbonyl (C=O) groups is 1. The molecule has 0 amide bonds. The summed E-state index contributed by atoms with van der Waals surface area (Å²) in [5.41, 5.74) is 2.42. The number of halogens is 2. The van der Waals surface area contributed by atoms with Gasteiger partial charge in [-0.2, -0.15) is 5.48 Å². The fraction of sp³-hybridized carbons (Fsp3) is 0.800. The van der Waals surface area contributed by atoms with E-state index in [2.05, 4.69) is 10.3 Å². The molecule has 0 atom stereocenters. The standard InChI is InChI=1S/C5H10ClNO2.ClH/c1-2-7-9-5(8)3-4-6;/h7H,2-4H2,1H3;1H. The van der Waals surface area contributed by atoms with Crippen LogP contribution in [-0.4, -0.2) is 18.4 Å². The van der Waals surface area contributed by atoms with Crippen LogP contribution in [0.25, 0.3) is 0 Å². The molecule has 1 N–H and O–H groups in total. The van der Waals surface area contributed by atoms with Crippen LogP contribution in [0.3, 0.4) is 0 Å². The first-order valence-electron chi connectivity index (χ1n) is 2.79. The zero-order chi connectivity index (χ0) is 7.11. The molecule has 0 aromatic carbocycles. The van der Waals surface area contributed by atoms with Gasteiger partial charge in [-0.15, -0.1) is 24.0 Å². The van der Waals surface area contributed by atoms with Crippen molar-refractivity contribution in [3.8, 4) is 0 Å². The quantitative estimate of drug-likeness (QED) is 0.530. The topological polar surface area (TPSA) is 38.3 Å². The van der Waals surface area contributed by atoms with E-state index in [1.165, 1.54) is 0 Å². The van der Waals surface area contributed by atoms with Gasteiger partial charge in [0.25, 0.3) is 0 Å². The van der Waals surface area contributed by atoms with E-state index >= 15 is 0 Å². The highest BCUT2D eigenvalue weighted by Gasteiger charge is 1.98. The highest BCUT2D eigenvalue weighted by atomic mass is 35.5. The molecule has 62 valence electrons. The molecule has 3 nitrogen and oxygen atoms in total. The largest absolute Gasteiger partial charge is 0.371 e. The average molecular weight is 188 g/mol. The fourth-order valence-electron chi connectivity index (χ4n) is 0.281. The molecule has 0 rings (SSSR count). The number of hydroxylamine groups is 1. The summed E-state index contributed by atoms with van der Waals surface area (Å²) < 4.78 is 0. The molecule has 0 aromatic heterocycles. The molecule has 0 bridgehead atoms. The maximum atomic E-state index is 10.4. The Hall–Kier alpha value is 0.01000. The van der Waals surface area contributed by atoms with E-state index in [0.717, 1.165) is 0 Å². The maximum absolute atomic E-state index is 10.4. The Kier molecular flexibility index (Phi) is 11.4. The minimum absolute atomic E-state index is 0. The molecule has 0 aromatic rings. The van der Waals surface area contributed by atoms with Crippen molar-refractivity contribution in [1.29, 1.82) is 0 Å². The Morgan fingerprint density at radius 1 is 1.70 bits per heavy atom. The first-order valence-corrected chi connectivity index (χ1v) is 3.33. The van der Waals surface area contributed by atoms with Gasteiger partial charge in [0, 0.05) is 12.4 Å². The summed E-state index contributed by atoms with van der Waals surface area (Å²) in [7, 11) is 0. The Morgan fingerprint density at radius 2 is 2.30 bits per heavy atom. The monoisotopic (exact) mass is 187 g/mol. The number of alkyl halides is 1. The summed E-state index contributed by atoms with van der Waals surface area (Å²) in [5, 5.41) is 0. The highest BCUT2D eigenvalue weighted by molar-refractivity contribution is 6.18. The van der Waals surface area contributed by atoms with Gasteiger partial charge in [-0.05, 0) is 6.92 Å². The first kappa shape index (κ1) is 12.7. The number of nitrogens with one attached hydrogen (secondary N) is 1. The Morgan fingerprint density at radius 3 is 2.70 bits per heavy atom. The van der Waals surface area contributed by atoms with Crippen LogP contribution in [0.2, 0.25) is 0 Å². The molecule has 0 radical (unpaired) electrons. The molecule has 0 saturated carbocycles. The Bertz CT molecular complexity index is 89.7. The Balaban J connectivity index is 0. The lowest BCUT2D eigenvalue weighted by atomic mass is 10.5. The van der Waals surface area contributed by atoms with Crippen molar-refractivity contribution in [2.45, 2.75) is 13.3 Å². The second kappa shape index (κ2) is 9.01. The minimum atomic E-state index is -0.313. The van der Waals surface area contributed by atoms with Crippen molar-refractivity contribution in [2.75, 3.05) is 12.4 Å². The van der Waals surface area contributed by atoms with E-state index < -0.39 is 0 Å². The van der Waals surface area contributed by atoms with Crippen molar-refractivity contribution in [1.82, 2.24) is 5.48 Å². The lowest BCUT2D eigenvalue weighted by Crippen LogP contribution is -2.19. The van der Waals surface area contributed by atoms with Crippen LogP contribution in [-0.2, 0) is 9.63 Å². The van der Waals surface area contributed by atoms with Crippen LogP contribution in [0.4, 0.5) is 0 Å². The predicted molar refractivity (Wildman–Crippen MR) is 42.4 cm³/mol. The first-order chi connectivity index (χ1) is 4.31. The lowest BCUT2D eigenvalue weighted by Gasteiger charge is -1.99. The zero-order valence-corrected chi connectivity index (χ0v) is 7.30. The molecule has 0 aliphatic carbocycles. The lowest BCUT2D eigenvalue weighted by molar-refractivity contribution is -0.150. The third kappa shape index (κ3) is 8.01. The van der Waals surface area contributed by atoms with Crippen molar-refractivity contribution in [3.63, 3.8) is 0 Å². The van der Waals surface area contributed by atoms with Crippen LogP contribution in [0, 0.1) is 0 Å². The normalized spacial score (nSPS) is 8.20. The number of hydrogen-bond acceptors (Lipinski definition) is 3. The summed E-state index contributed by atoms with van der Waals surface area (Å²) in [6.07, 6.45) is 0.258. The minimum Gasteiger partial charge on any atom is -0.371 e. The third-order valence-electron chi connectivity index (χ3n) is 0.629. The van der Waals surface area contributed by atoms with Crippen LogP contribution >= 0.6 is 24.0 Å². The fourth-order valence-corrected chi connectivity index (χ4v) is 0.435. The van der Waals surface area contributed by atoms with Crippen LogP contribution in [0.5, 0.6) is 0 Å². The van der Waals surface area contributed by atoms with Gasteiger partial charge in [0.15, 0.2) is 0 Å². The van der Waals surface area contributed by atoms with Crippen LogP contribution in [0.15, 0.2) is 0 Å². The second-order valence-corrected chi connectivity index (χ2v) is 1.79. The van der Waals surface area contributed by atoms with E-state index in [0.29, 0.717) is 12.4 Å². The maximum Gasteiger partial charge on any atom is 0.325 e. The van der Waals surface area contributed by atoms with Crippen LogP contribution in [0.1, 0.15) is 13.3 Å². The summed E-state index contributed by atoms with van der Waals surface area (Å²) in [6.45, 7) is 2.46. The number of carbonyl (C=O) groups excluding carboxylic acids is 1. The van der Waals surface area contributed by atoms with E-state index in [1.807, 2.05) is 6.92 Å². The zero-order valence-electron chi connectivity index (χ0n) is 5.72. The molecule has 0 heterocycles. The predicted octanol–water partition coefficient (Wildman–Crippen LogP) is 1.10.